The zero-order valence-electron chi connectivity index (χ0n) is 15.3. The molecule has 2 aromatic rings. The predicted octanol–water partition coefficient (Wildman–Crippen LogP) is 3.17. The summed E-state index contributed by atoms with van der Waals surface area (Å²) in [6, 6.07) is 7.44. The molecule has 1 aromatic carbocycles. The topological polar surface area (TPSA) is 69.7 Å². The van der Waals surface area contributed by atoms with Gasteiger partial charge in [-0.25, -0.2) is 8.42 Å². The van der Waals surface area contributed by atoms with E-state index in [1.807, 2.05) is 18.2 Å². The average molecular weight is 406 g/mol. The van der Waals surface area contributed by atoms with Crippen molar-refractivity contribution < 1.29 is 13.2 Å². The van der Waals surface area contributed by atoms with Crippen molar-refractivity contribution in [2.75, 3.05) is 36.4 Å². The quantitative estimate of drug-likeness (QED) is 0.830. The Kier molecular flexibility index (Phi) is 4.96. The van der Waals surface area contributed by atoms with E-state index in [2.05, 4.69) is 17.1 Å². The summed E-state index contributed by atoms with van der Waals surface area (Å²) < 4.78 is 27.2. The summed E-state index contributed by atoms with van der Waals surface area (Å²) in [7, 11) is -3.61. The SMILES string of the molecule is CCN1CCc2ccc(NC(=O)c3sccc3S(=O)(=O)N3CCCC3)cc21. The van der Waals surface area contributed by atoms with Crippen LogP contribution in [0.3, 0.4) is 0 Å². The van der Waals surface area contributed by atoms with Crippen molar-refractivity contribution in [3.8, 4) is 0 Å². The van der Waals surface area contributed by atoms with Gasteiger partial charge in [-0.2, -0.15) is 4.31 Å². The largest absolute Gasteiger partial charge is 0.371 e. The molecule has 0 spiro atoms. The number of likely N-dealkylation sites (N-methyl/N-ethyl adjacent to an activating group) is 1. The van der Waals surface area contributed by atoms with Crippen LogP contribution in [0.25, 0.3) is 0 Å². The van der Waals surface area contributed by atoms with Crippen LogP contribution in [0, 0.1) is 0 Å². The Morgan fingerprint density at radius 3 is 2.70 bits per heavy atom. The van der Waals surface area contributed by atoms with Crippen LogP contribution in [-0.2, 0) is 16.4 Å². The molecule has 0 atom stereocenters. The highest BCUT2D eigenvalue weighted by molar-refractivity contribution is 7.89. The average Bonchev–Trinajstić information content (AvgIpc) is 3.40. The van der Waals surface area contributed by atoms with Gasteiger partial charge in [0.05, 0.1) is 0 Å². The van der Waals surface area contributed by atoms with E-state index in [-0.39, 0.29) is 15.7 Å². The maximum atomic E-state index is 12.9. The normalized spacial score (nSPS) is 17.3. The molecule has 0 saturated carbocycles. The summed E-state index contributed by atoms with van der Waals surface area (Å²) in [5.74, 6) is -0.372. The van der Waals surface area contributed by atoms with Crippen LogP contribution in [-0.4, -0.2) is 44.8 Å². The maximum absolute atomic E-state index is 12.9. The molecular weight excluding hydrogens is 382 g/mol. The van der Waals surface area contributed by atoms with Gasteiger partial charge in [-0.1, -0.05) is 6.07 Å². The fourth-order valence-electron chi connectivity index (χ4n) is 3.77. The maximum Gasteiger partial charge on any atom is 0.267 e. The smallest absolute Gasteiger partial charge is 0.267 e. The monoisotopic (exact) mass is 405 g/mol. The number of carbonyl (C=O) groups is 1. The van der Waals surface area contributed by atoms with E-state index in [1.54, 1.807) is 5.38 Å². The van der Waals surface area contributed by atoms with E-state index >= 15 is 0 Å². The molecule has 6 nitrogen and oxygen atoms in total. The van der Waals surface area contributed by atoms with Crippen molar-refractivity contribution >= 4 is 38.6 Å². The Hall–Kier alpha value is -1.90. The van der Waals surface area contributed by atoms with Gasteiger partial charge < -0.3 is 10.2 Å². The highest BCUT2D eigenvalue weighted by Crippen LogP contribution is 2.32. The first-order valence-electron chi connectivity index (χ1n) is 9.27. The molecule has 0 aliphatic carbocycles. The van der Waals surface area contributed by atoms with Crippen molar-refractivity contribution in [3.63, 3.8) is 0 Å². The second kappa shape index (κ2) is 7.26. The van der Waals surface area contributed by atoms with Crippen LogP contribution >= 0.6 is 11.3 Å². The molecule has 0 radical (unpaired) electrons. The summed E-state index contributed by atoms with van der Waals surface area (Å²) in [5.41, 5.74) is 3.12. The summed E-state index contributed by atoms with van der Waals surface area (Å²) in [4.78, 5) is 15.4. The number of hydrogen-bond acceptors (Lipinski definition) is 5. The lowest BCUT2D eigenvalue weighted by Gasteiger charge is -2.18. The molecule has 1 N–H and O–H groups in total. The van der Waals surface area contributed by atoms with Crippen molar-refractivity contribution in [3.05, 3.63) is 40.1 Å². The standard InChI is InChI=1S/C19H23N3O3S2/c1-2-21-11-7-14-5-6-15(13-16(14)21)20-19(23)18-17(8-12-26-18)27(24,25)22-9-3-4-10-22/h5-6,8,12-13H,2-4,7,9-11H2,1H3,(H,20,23). The van der Waals surface area contributed by atoms with Crippen molar-refractivity contribution in [1.29, 1.82) is 0 Å². The Morgan fingerprint density at radius 1 is 1.19 bits per heavy atom. The number of carbonyl (C=O) groups excluding carboxylic acids is 1. The van der Waals surface area contributed by atoms with Crippen LogP contribution in [0.5, 0.6) is 0 Å². The molecule has 2 aliphatic rings. The third-order valence-corrected chi connectivity index (χ3v) is 8.22. The van der Waals surface area contributed by atoms with Crippen molar-refractivity contribution in [1.82, 2.24) is 4.31 Å². The molecule has 1 amide bonds. The fourth-order valence-corrected chi connectivity index (χ4v) is 6.59. The molecule has 3 heterocycles. The fraction of sp³-hybridized carbons (Fsp3) is 0.421. The van der Waals surface area contributed by atoms with Gasteiger partial charge in [0.25, 0.3) is 5.91 Å². The number of thiophene rings is 1. The van der Waals surface area contributed by atoms with Crippen molar-refractivity contribution in [2.45, 2.75) is 31.1 Å². The predicted molar refractivity (Wildman–Crippen MR) is 108 cm³/mol. The zero-order chi connectivity index (χ0) is 19.0. The molecule has 2 aliphatic heterocycles. The van der Waals surface area contributed by atoms with Gasteiger partial charge in [-0.3, -0.25) is 4.79 Å². The Balaban J connectivity index is 1.58. The number of nitrogens with one attached hydrogen (secondary N) is 1. The molecule has 0 bridgehead atoms. The van der Waals surface area contributed by atoms with Crippen LogP contribution in [0.4, 0.5) is 11.4 Å². The molecule has 144 valence electrons. The minimum Gasteiger partial charge on any atom is -0.371 e. The number of sulfonamides is 1. The molecule has 1 fully saturated rings. The second-order valence-corrected chi connectivity index (χ2v) is 9.67. The van der Waals surface area contributed by atoms with Gasteiger partial charge in [-0.15, -0.1) is 11.3 Å². The Bertz CT molecular complexity index is 962. The molecular formula is C19H23N3O3S2. The van der Waals surface area contributed by atoms with Gasteiger partial charge in [0.1, 0.15) is 9.77 Å². The molecule has 8 heteroatoms. The zero-order valence-corrected chi connectivity index (χ0v) is 16.9. The van der Waals surface area contributed by atoms with Gasteiger partial charge in [0, 0.05) is 37.6 Å². The number of amides is 1. The van der Waals surface area contributed by atoms with Crippen LogP contribution in [0.15, 0.2) is 34.5 Å². The van der Waals surface area contributed by atoms with Crippen LogP contribution in [0.2, 0.25) is 0 Å². The number of fused-ring (bicyclic) bond motifs is 1. The van der Waals surface area contributed by atoms with Crippen molar-refractivity contribution in [2.24, 2.45) is 0 Å². The van der Waals surface area contributed by atoms with Gasteiger partial charge in [-0.05, 0) is 55.3 Å². The Morgan fingerprint density at radius 2 is 1.96 bits per heavy atom. The van der Waals surface area contributed by atoms with Gasteiger partial charge in [0.15, 0.2) is 0 Å². The lowest BCUT2D eigenvalue weighted by molar-refractivity contribution is 0.102. The first kappa shape index (κ1) is 18.5. The summed E-state index contributed by atoms with van der Waals surface area (Å²) in [5, 5.41) is 4.55. The molecule has 4 rings (SSSR count). The lowest BCUT2D eigenvalue weighted by Crippen LogP contribution is -2.29. The molecule has 27 heavy (non-hydrogen) atoms. The third kappa shape index (κ3) is 3.37. The molecule has 0 unspecified atom stereocenters. The first-order valence-corrected chi connectivity index (χ1v) is 11.6. The highest BCUT2D eigenvalue weighted by Gasteiger charge is 2.32. The van der Waals surface area contributed by atoms with E-state index < -0.39 is 10.0 Å². The second-order valence-electron chi connectivity index (χ2n) is 6.85. The van der Waals surface area contributed by atoms with E-state index in [1.165, 1.54) is 15.9 Å². The first-order chi connectivity index (χ1) is 13.0. The minimum absolute atomic E-state index is 0.114. The number of benzene rings is 1. The number of rotatable bonds is 5. The number of nitrogens with zero attached hydrogens (tertiary/aromatic N) is 2. The highest BCUT2D eigenvalue weighted by atomic mass is 32.2. The number of hydrogen-bond donors (Lipinski definition) is 1. The number of anilines is 2. The summed E-state index contributed by atoms with van der Waals surface area (Å²) in [6.07, 6.45) is 2.75. The minimum atomic E-state index is -3.61. The van der Waals surface area contributed by atoms with E-state index in [0.717, 1.165) is 49.4 Å². The summed E-state index contributed by atoms with van der Waals surface area (Å²) >= 11 is 1.16. The van der Waals surface area contributed by atoms with E-state index in [4.69, 9.17) is 0 Å². The van der Waals surface area contributed by atoms with Crippen LogP contribution in [0.1, 0.15) is 35.0 Å². The van der Waals surface area contributed by atoms with E-state index in [0.29, 0.717) is 18.8 Å². The molecule has 1 saturated heterocycles. The Labute approximate surface area is 163 Å². The molecule has 1 aromatic heterocycles. The van der Waals surface area contributed by atoms with Gasteiger partial charge in [0.2, 0.25) is 10.0 Å². The van der Waals surface area contributed by atoms with E-state index in [9.17, 15) is 13.2 Å². The summed E-state index contributed by atoms with van der Waals surface area (Å²) in [6.45, 7) is 5.08. The third-order valence-electron chi connectivity index (χ3n) is 5.23. The van der Waals surface area contributed by atoms with Gasteiger partial charge >= 0.3 is 0 Å². The lowest BCUT2D eigenvalue weighted by atomic mass is 10.1. The van der Waals surface area contributed by atoms with Crippen LogP contribution < -0.4 is 10.2 Å².